The predicted molar refractivity (Wildman–Crippen MR) is 129 cm³/mol. The molecule has 3 nitrogen and oxygen atoms in total. The lowest BCUT2D eigenvalue weighted by Crippen LogP contribution is -2.22. The van der Waals surface area contributed by atoms with Crippen molar-refractivity contribution in [3.05, 3.63) is 107 Å². The van der Waals surface area contributed by atoms with Gasteiger partial charge in [-0.15, -0.1) is 0 Å². The van der Waals surface area contributed by atoms with Crippen LogP contribution in [0.1, 0.15) is 18.1 Å². The molecule has 0 saturated carbocycles. The molecule has 3 aromatic carbocycles. The summed E-state index contributed by atoms with van der Waals surface area (Å²) in [6, 6.07) is 25.1. The Labute approximate surface area is 191 Å². The number of fused-ring (bicyclic) bond motifs is 3. The van der Waals surface area contributed by atoms with Crippen molar-refractivity contribution < 1.29 is 4.39 Å². The molecule has 0 radical (unpaired) electrons. The lowest BCUT2D eigenvalue weighted by atomic mass is 10.1. The van der Waals surface area contributed by atoms with Gasteiger partial charge in [0.25, 0.3) is 0 Å². The van der Waals surface area contributed by atoms with Crippen molar-refractivity contribution in [3.63, 3.8) is 0 Å². The van der Waals surface area contributed by atoms with Crippen LogP contribution < -0.4 is 0 Å². The van der Waals surface area contributed by atoms with Gasteiger partial charge in [0.05, 0.1) is 28.4 Å². The van der Waals surface area contributed by atoms with E-state index in [0.717, 1.165) is 47.4 Å². The van der Waals surface area contributed by atoms with Gasteiger partial charge in [-0.25, -0.2) is 4.39 Å². The highest BCUT2D eigenvalue weighted by atomic mass is 35.5. The third-order valence-corrected chi connectivity index (χ3v) is 6.10. The van der Waals surface area contributed by atoms with Crippen LogP contribution in [0, 0.1) is 5.82 Å². The van der Waals surface area contributed by atoms with E-state index in [1.54, 1.807) is 6.07 Å². The smallest absolute Gasteiger partial charge is 0.132 e. The van der Waals surface area contributed by atoms with Crippen LogP contribution in [0.15, 0.2) is 85.1 Å². The first-order valence-electron chi connectivity index (χ1n) is 10.7. The Morgan fingerprint density at radius 3 is 2.47 bits per heavy atom. The minimum Gasteiger partial charge on any atom is -0.306 e. The Hall–Kier alpha value is -3.21. The van der Waals surface area contributed by atoms with Gasteiger partial charge in [0, 0.05) is 23.7 Å². The highest BCUT2D eigenvalue weighted by Crippen LogP contribution is 2.32. The highest BCUT2D eigenvalue weighted by Gasteiger charge is 2.18. The van der Waals surface area contributed by atoms with Crippen molar-refractivity contribution in [3.8, 4) is 11.3 Å². The molecule has 0 aliphatic carbocycles. The van der Waals surface area contributed by atoms with Crippen molar-refractivity contribution in [2.75, 3.05) is 6.54 Å². The molecule has 5 aromatic rings. The quantitative estimate of drug-likeness (QED) is 0.282. The van der Waals surface area contributed by atoms with Crippen LogP contribution in [0.2, 0.25) is 5.02 Å². The maximum atomic E-state index is 14.8. The van der Waals surface area contributed by atoms with E-state index < -0.39 is 0 Å². The normalized spacial score (nSPS) is 11.6. The average Bonchev–Trinajstić information content (AvgIpc) is 3.17. The molecule has 2 aromatic heterocycles. The number of aromatic nitrogens is 2. The summed E-state index contributed by atoms with van der Waals surface area (Å²) < 4.78 is 16.9. The molecule has 5 heteroatoms. The van der Waals surface area contributed by atoms with Crippen LogP contribution in [-0.4, -0.2) is 20.8 Å². The average molecular weight is 444 g/mol. The summed E-state index contributed by atoms with van der Waals surface area (Å²) in [4.78, 5) is 7.04. The maximum Gasteiger partial charge on any atom is 0.132 e. The SMILES string of the molecule is CCN(Cc1ccccc1)Cc1cc(-c2ccccc2F)n2c1cnc1cc(Cl)ccc12. The summed E-state index contributed by atoms with van der Waals surface area (Å²) in [5, 5.41) is 0.629. The van der Waals surface area contributed by atoms with Gasteiger partial charge in [-0.3, -0.25) is 9.88 Å². The van der Waals surface area contributed by atoms with E-state index >= 15 is 0 Å². The fourth-order valence-electron chi connectivity index (χ4n) is 4.25. The van der Waals surface area contributed by atoms with E-state index in [9.17, 15) is 4.39 Å². The van der Waals surface area contributed by atoms with Gasteiger partial charge in [0.2, 0.25) is 0 Å². The van der Waals surface area contributed by atoms with Gasteiger partial charge in [-0.2, -0.15) is 0 Å². The van der Waals surface area contributed by atoms with E-state index in [1.165, 1.54) is 11.6 Å². The van der Waals surface area contributed by atoms with Crippen molar-refractivity contribution in [2.45, 2.75) is 20.0 Å². The molecule has 0 spiro atoms. The van der Waals surface area contributed by atoms with Gasteiger partial charge < -0.3 is 4.40 Å². The van der Waals surface area contributed by atoms with Crippen LogP contribution in [0.25, 0.3) is 27.8 Å². The summed E-state index contributed by atoms with van der Waals surface area (Å²) in [5.41, 5.74) is 6.44. The molecule has 32 heavy (non-hydrogen) atoms. The Balaban J connectivity index is 1.66. The van der Waals surface area contributed by atoms with E-state index in [2.05, 4.69) is 51.5 Å². The third kappa shape index (κ3) is 3.88. The van der Waals surface area contributed by atoms with E-state index in [0.29, 0.717) is 10.6 Å². The molecule has 0 aliphatic rings. The summed E-state index contributed by atoms with van der Waals surface area (Å²) in [5.74, 6) is -0.242. The van der Waals surface area contributed by atoms with Crippen LogP contribution in [0.4, 0.5) is 4.39 Å². The first-order valence-corrected chi connectivity index (χ1v) is 11.1. The van der Waals surface area contributed by atoms with Crippen LogP contribution in [0.5, 0.6) is 0 Å². The van der Waals surface area contributed by atoms with Gasteiger partial charge in [-0.1, -0.05) is 61.0 Å². The van der Waals surface area contributed by atoms with Gasteiger partial charge in [0.1, 0.15) is 5.82 Å². The lowest BCUT2D eigenvalue weighted by Gasteiger charge is -2.20. The Morgan fingerprint density at radius 2 is 1.69 bits per heavy atom. The van der Waals surface area contributed by atoms with Crippen molar-refractivity contribution in [1.29, 1.82) is 0 Å². The van der Waals surface area contributed by atoms with Crippen LogP contribution in [-0.2, 0) is 13.1 Å². The summed E-state index contributed by atoms with van der Waals surface area (Å²) in [7, 11) is 0. The van der Waals surface area contributed by atoms with Gasteiger partial charge in [0.15, 0.2) is 0 Å². The van der Waals surface area contributed by atoms with Crippen molar-refractivity contribution in [2.24, 2.45) is 0 Å². The molecule has 2 heterocycles. The number of nitrogens with zero attached hydrogens (tertiary/aromatic N) is 3. The Bertz CT molecular complexity index is 1390. The molecule has 0 N–H and O–H groups in total. The number of hydrogen-bond donors (Lipinski definition) is 0. The molecule has 0 amide bonds. The molecule has 5 rings (SSSR count). The Morgan fingerprint density at radius 1 is 0.906 bits per heavy atom. The zero-order chi connectivity index (χ0) is 22.1. The zero-order valence-electron chi connectivity index (χ0n) is 17.8. The first-order chi connectivity index (χ1) is 15.6. The molecular formula is C27H23ClFN3. The fraction of sp³-hybridized carbons (Fsp3) is 0.148. The molecule has 0 bridgehead atoms. The molecule has 0 fully saturated rings. The molecule has 0 saturated heterocycles. The van der Waals surface area contributed by atoms with Crippen molar-refractivity contribution in [1.82, 2.24) is 14.3 Å². The second kappa shape index (κ2) is 8.73. The summed E-state index contributed by atoms with van der Waals surface area (Å²) in [6.45, 7) is 4.65. The molecule has 0 aliphatic heterocycles. The van der Waals surface area contributed by atoms with Crippen LogP contribution >= 0.6 is 11.6 Å². The van der Waals surface area contributed by atoms with Crippen molar-refractivity contribution >= 4 is 28.2 Å². The molecule has 0 atom stereocenters. The second-order valence-corrected chi connectivity index (χ2v) is 8.37. The Kier molecular flexibility index (Phi) is 5.64. The first kappa shape index (κ1) is 20.7. The standard InChI is InChI=1S/C27H23ClFN3/c1-2-31(17-19-8-4-3-5-9-19)18-20-14-26(22-10-6-7-11-23(22)29)32-25-13-12-21(28)15-24(25)30-16-27(20)32/h3-16H,2,17-18H2,1H3. The lowest BCUT2D eigenvalue weighted by molar-refractivity contribution is 0.272. The maximum absolute atomic E-state index is 14.8. The third-order valence-electron chi connectivity index (χ3n) is 5.87. The highest BCUT2D eigenvalue weighted by molar-refractivity contribution is 6.31. The summed E-state index contributed by atoms with van der Waals surface area (Å²) in [6.07, 6.45) is 1.87. The zero-order valence-corrected chi connectivity index (χ0v) is 18.6. The topological polar surface area (TPSA) is 20.5 Å². The van der Waals surface area contributed by atoms with E-state index in [4.69, 9.17) is 11.6 Å². The number of rotatable bonds is 6. The minimum atomic E-state index is -0.242. The largest absolute Gasteiger partial charge is 0.306 e. The molecular weight excluding hydrogens is 421 g/mol. The van der Waals surface area contributed by atoms with Gasteiger partial charge >= 0.3 is 0 Å². The van der Waals surface area contributed by atoms with E-state index in [1.807, 2.05) is 42.6 Å². The minimum absolute atomic E-state index is 0.242. The monoisotopic (exact) mass is 443 g/mol. The van der Waals surface area contributed by atoms with Crippen LogP contribution in [0.3, 0.4) is 0 Å². The molecule has 160 valence electrons. The number of benzene rings is 3. The summed E-state index contributed by atoms with van der Waals surface area (Å²) >= 11 is 6.21. The molecule has 0 unspecified atom stereocenters. The second-order valence-electron chi connectivity index (χ2n) is 7.94. The van der Waals surface area contributed by atoms with Gasteiger partial charge in [-0.05, 0) is 54.1 Å². The fourth-order valence-corrected chi connectivity index (χ4v) is 4.42. The number of hydrogen-bond acceptors (Lipinski definition) is 2. The van der Waals surface area contributed by atoms with E-state index in [-0.39, 0.29) is 5.82 Å². The number of halogens is 2. The predicted octanol–water partition coefficient (Wildman–Crippen LogP) is 6.97.